The van der Waals surface area contributed by atoms with Gasteiger partial charge in [-0.15, -0.1) is 0 Å². The number of carbonyl (C=O) groups excluding carboxylic acids is 1. The fourth-order valence-corrected chi connectivity index (χ4v) is 5.34. The highest BCUT2D eigenvalue weighted by Crippen LogP contribution is 2.54. The van der Waals surface area contributed by atoms with Gasteiger partial charge in [-0.25, -0.2) is 9.97 Å². The number of hydrogen-bond acceptors (Lipinski definition) is 8. The van der Waals surface area contributed by atoms with Crippen molar-refractivity contribution >= 4 is 29.2 Å². The van der Waals surface area contributed by atoms with Crippen molar-refractivity contribution in [1.29, 1.82) is 0 Å². The number of aliphatic hydroxyl groups is 1. The minimum absolute atomic E-state index is 0.0199. The lowest BCUT2D eigenvalue weighted by molar-refractivity contribution is 0.102. The molecule has 0 atom stereocenters. The highest BCUT2D eigenvalue weighted by Gasteiger charge is 2.45. The fourth-order valence-electron chi connectivity index (χ4n) is 5.34. The lowest BCUT2D eigenvalue weighted by Gasteiger charge is -2.35. The average Bonchev–Trinajstić information content (AvgIpc) is 3.67. The first-order chi connectivity index (χ1) is 17.8. The van der Waals surface area contributed by atoms with E-state index in [9.17, 15) is 9.90 Å². The molecule has 0 aromatic carbocycles. The molecule has 1 saturated carbocycles. The molecule has 2 aromatic rings. The molecule has 4 heterocycles. The molecule has 1 aliphatic carbocycles. The summed E-state index contributed by atoms with van der Waals surface area (Å²) in [6, 6.07) is 9.46. The Morgan fingerprint density at radius 1 is 0.946 bits per heavy atom. The molecule has 3 aliphatic rings. The van der Waals surface area contributed by atoms with E-state index in [0.29, 0.717) is 28.4 Å². The second kappa shape index (κ2) is 10.5. The van der Waals surface area contributed by atoms with Crippen LogP contribution in [0.25, 0.3) is 0 Å². The molecule has 0 unspecified atom stereocenters. The molecule has 2 saturated heterocycles. The Bertz CT molecular complexity index is 1100. The molecule has 9 heteroatoms. The zero-order valence-electron chi connectivity index (χ0n) is 22.5. The van der Waals surface area contributed by atoms with E-state index in [0.717, 1.165) is 64.5 Å². The van der Waals surface area contributed by atoms with Gasteiger partial charge in [0.25, 0.3) is 5.91 Å². The summed E-state index contributed by atoms with van der Waals surface area (Å²) in [6.07, 6.45) is 4.93. The molecule has 1 spiro atoms. The third-order valence-corrected chi connectivity index (χ3v) is 8.18. The van der Waals surface area contributed by atoms with Crippen molar-refractivity contribution in [3.63, 3.8) is 0 Å². The van der Waals surface area contributed by atoms with Crippen molar-refractivity contribution in [1.82, 2.24) is 14.9 Å². The highest BCUT2D eigenvalue weighted by atomic mass is 16.3. The first-order valence-electron chi connectivity index (χ1n) is 13.7. The van der Waals surface area contributed by atoms with Crippen molar-refractivity contribution in [3.8, 4) is 0 Å². The topological polar surface area (TPSA) is 96.9 Å². The lowest BCUT2D eigenvalue weighted by atomic mass is 9.93. The Morgan fingerprint density at radius 2 is 1.68 bits per heavy atom. The molecule has 2 aromatic heterocycles. The van der Waals surface area contributed by atoms with Crippen LogP contribution in [0, 0.1) is 5.41 Å². The zero-order chi connectivity index (χ0) is 26.0. The summed E-state index contributed by atoms with van der Waals surface area (Å²) in [7, 11) is 0. The number of nitrogens with zero attached hydrogens (tertiary/aromatic N) is 5. The van der Waals surface area contributed by atoms with E-state index < -0.39 is 5.54 Å². The maximum absolute atomic E-state index is 13.5. The number of piperazine rings is 1. The normalized spacial score (nSPS) is 19.7. The van der Waals surface area contributed by atoms with E-state index in [2.05, 4.69) is 32.3 Å². The van der Waals surface area contributed by atoms with Gasteiger partial charge in [-0.2, -0.15) is 0 Å². The van der Waals surface area contributed by atoms with Gasteiger partial charge in [0.2, 0.25) is 0 Å². The van der Waals surface area contributed by atoms with Gasteiger partial charge in [0.15, 0.2) is 0 Å². The minimum Gasteiger partial charge on any atom is -0.394 e. The summed E-state index contributed by atoms with van der Waals surface area (Å²) >= 11 is 0. The van der Waals surface area contributed by atoms with Gasteiger partial charge >= 0.3 is 0 Å². The van der Waals surface area contributed by atoms with Gasteiger partial charge in [0.1, 0.15) is 23.3 Å². The maximum Gasteiger partial charge on any atom is 0.260 e. The summed E-state index contributed by atoms with van der Waals surface area (Å²) < 4.78 is 0. The quantitative estimate of drug-likeness (QED) is 0.500. The SMILES string of the molecule is CCN1CCN(c2cccc(NC(=O)c3ccc(NC(C)(C)CO)nc3N3CCC4(CC3)CC4)n2)CC1. The lowest BCUT2D eigenvalue weighted by Crippen LogP contribution is -2.46. The fraction of sp³-hybridized carbons (Fsp3) is 0.607. The number of likely N-dealkylation sites (N-methyl/N-ethyl adjacent to an activating group) is 1. The van der Waals surface area contributed by atoms with Gasteiger partial charge in [-0.1, -0.05) is 13.0 Å². The summed E-state index contributed by atoms with van der Waals surface area (Å²) in [6.45, 7) is 12.8. The third kappa shape index (κ3) is 5.99. The van der Waals surface area contributed by atoms with Crippen molar-refractivity contribution in [2.75, 3.05) is 72.9 Å². The molecular weight excluding hydrogens is 466 g/mol. The van der Waals surface area contributed by atoms with E-state index in [-0.39, 0.29) is 12.5 Å². The van der Waals surface area contributed by atoms with Crippen molar-refractivity contribution in [3.05, 3.63) is 35.9 Å². The van der Waals surface area contributed by atoms with Gasteiger partial charge < -0.3 is 30.4 Å². The van der Waals surface area contributed by atoms with E-state index in [4.69, 9.17) is 9.97 Å². The first kappa shape index (κ1) is 25.7. The summed E-state index contributed by atoms with van der Waals surface area (Å²) in [5, 5.41) is 16.0. The predicted octanol–water partition coefficient (Wildman–Crippen LogP) is 3.43. The van der Waals surface area contributed by atoms with Gasteiger partial charge in [0.05, 0.1) is 17.7 Å². The molecule has 1 amide bonds. The molecular formula is C28H41N7O2. The Kier molecular flexibility index (Phi) is 7.27. The molecule has 5 rings (SSSR count). The third-order valence-electron chi connectivity index (χ3n) is 8.18. The summed E-state index contributed by atoms with van der Waals surface area (Å²) in [4.78, 5) is 30.1. The second-order valence-corrected chi connectivity index (χ2v) is 11.5. The molecule has 3 fully saturated rings. The molecule has 2 aliphatic heterocycles. The maximum atomic E-state index is 13.5. The molecule has 0 bridgehead atoms. The number of nitrogens with one attached hydrogen (secondary N) is 2. The van der Waals surface area contributed by atoms with Gasteiger partial charge in [-0.05, 0) is 75.8 Å². The number of hydrogen-bond donors (Lipinski definition) is 3. The number of anilines is 4. The van der Waals surface area contributed by atoms with Crippen LogP contribution in [0.15, 0.2) is 30.3 Å². The van der Waals surface area contributed by atoms with Crippen molar-refractivity contribution in [2.45, 2.75) is 52.0 Å². The Hall–Kier alpha value is -2.91. The van der Waals surface area contributed by atoms with Gasteiger partial charge in [-0.3, -0.25) is 4.79 Å². The number of aliphatic hydroxyl groups excluding tert-OH is 1. The predicted molar refractivity (Wildman–Crippen MR) is 149 cm³/mol. The van der Waals surface area contributed by atoms with Crippen LogP contribution in [0.3, 0.4) is 0 Å². The van der Waals surface area contributed by atoms with Gasteiger partial charge in [0, 0.05) is 39.3 Å². The van der Waals surface area contributed by atoms with Crippen molar-refractivity contribution < 1.29 is 9.90 Å². The van der Waals surface area contributed by atoms with Crippen molar-refractivity contribution in [2.24, 2.45) is 5.41 Å². The first-order valence-corrected chi connectivity index (χ1v) is 13.7. The Balaban J connectivity index is 1.35. The second-order valence-electron chi connectivity index (χ2n) is 11.5. The van der Waals surface area contributed by atoms with Crippen LogP contribution in [0.4, 0.5) is 23.3 Å². The highest BCUT2D eigenvalue weighted by molar-refractivity contribution is 6.07. The van der Waals surface area contributed by atoms with E-state index in [1.807, 2.05) is 44.2 Å². The number of rotatable bonds is 8. The molecule has 37 heavy (non-hydrogen) atoms. The monoisotopic (exact) mass is 507 g/mol. The molecule has 9 nitrogen and oxygen atoms in total. The van der Waals surface area contributed by atoms with E-state index >= 15 is 0 Å². The standard InChI is InChI=1S/C28H41N7O2/c1-4-33-16-18-34(19-17-33)24-7-5-6-22(29-24)31-26(37)21-8-9-23(32-27(2,3)20-36)30-25(21)35-14-12-28(10-11-28)13-15-35/h5-9,36H,4,10-20H2,1-3H3,(H,30,32)(H,29,31,37). The van der Waals surface area contributed by atoms with Crippen LogP contribution < -0.4 is 20.4 Å². The van der Waals surface area contributed by atoms with Crippen LogP contribution in [-0.2, 0) is 0 Å². The smallest absolute Gasteiger partial charge is 0.260 e. The Morgan fingerprint density at radius 3 is 2.32 bits per heavy atom. The van der Waals surface area contributed by atoms with Crippen LogP contribution in [-0.4, -0.2) is 83.8 Å². The van der Waals surface area contributed by atoms with Crippen LogP contribution in [0.1, 0.15) is 56.8 Å². The minimum atomic E-state index is -0.513. The number of pyridine rings is 2. The van der Waals surface area contributed by atoms with Crippen LogP contribution >= 0.6 is 0 Å². The van der Waals surface area contributed by atoms with Crippen LogP contribution in [0.5, 0.6) is 0 Å². The summed E-state index contributed by atoms with van der Waals surface area (Å²) in [5.74, 6) is 2.58. The zero-order valence-corrected chi connectivity index (χ0v) is 22.5. The van der Waals surface area contributed by atoms with E-state index in [1.165, 1.54) is 12.8 Å². The summed E-state index contributed by atoms with van der Waals surface area (Å²) in [5.41, 5.74) is 0.560. The Labute approximate surface area is 220 Å². The largest absolute Gasteiger partial charge is 0.394 e. The molecule has 200 valence electrons. The van der Waals surface area contributed by atoms with E-state index in [1.54, 1.807) is 0 Å². The molecule has 3 N–H and O–H groups in total. The van der Waals surface area contributed by atoms with Crippen LogP contribution in [0.2, 0.25) is 0 Å². The number of amides is 1. The number of aromatic nitrogens is 2. The number of carbonyl (C=O) groups is 1. The average molecular weight is 508 g/mol. The molecule has 0 radical (unpaired) electrons. The number of piperidine rings is 1.